The van der Waals surface area contributed by atoms with E-state index in [2.05, 4.69) is 56.3 Å². The SMILES string of the molecule is CSc1cc(CBr)cc2sc(Br)cc12. The van der Waals surface area contributed by atoms with Gasteiger partial charge in [-0.15, -0.1) is 23.1 Å². The van der Waals surface area contributed by atoms with Gasteiger partial charge in [-0.05, 0) is 45.9 Å². The molecule has 0 aliphatic heterocycles. The van der Waals surface area contributed by atoms with Crippen LogP contribution < -0.4 is 0 Å². The number of halogens is 2. The third kappa shape index (κ3) is 2.03. The molecular formula is C10H8Br2S2. The zero-order chi connectivity index (χ0) is 10.1. The molecule has 0 bridgehead atoms. The fourth-order valence-electron chi connectivity index (χ4n) is 1.38. The van der Waals surface area contributed by atoms with Crippen molar-refractivity contribution in [1.82, 2.24) is 0 Å². The van der Waals surface area contributed by atoms with Crippen LogP contribution in [0.2, 0.25) is 0 Å². The number of fused-ring (bicyclic) bond motifs is 1. The average molecular weight is 352 g/mol. The van der Waals surface area contributed by atoms with Crippen molar-refractivity contribution in [2.24, 2.45) is 0 Å². The number of alkyl halides is 1. The van der Waals surface area contributed by atoms with Crippen molar-refractivity contribution < 1.29 is 0 Å². The summed E-state index contributed by atoms with van der Waals surface area (Å²) in [6.07, 6.45) is 2.12. The molecule has 14 heavy (non-hydrogen) atoms. The van der Waals surface area contributed by atoms with Gasteiger partial charge in [0.2, 0.25) is 0 Å². The molecule has 1 aromatic heterocycles. The Morgan fingerprint density at radius 3 is 2.79 bits per heavy atom. The van der Waals surface area contributed by atoms with Gasteiger partial charge in [-0.3, -0.25) is 0 Å². The molecule has 1 heterocycles. The fraction of sp³-hybridized carbons (Fsp3) is 0.200. The molecule has 0 N–H and O–H groups in total. The molecule has 1 aromatic carbocycles. The Bertz CT molecular complexity index is 462. The van der Waals surface area contributed by atoms with Crippen LogP contribution in [0.5, 0.6) is 0 Å². The molecule has 2 rings (SSSR count). The van der Waals surface area contributed by atoms with Gasteiger partial charge in [0, 0.05) is 20.3 Å². The first-order valence-corrected chi connectivity index (χ1v) is 8.02. The van der Waals surface area contributed by atoms with Gasteiger partial charge < -0.3 is 0 Å². The third-order valence-corrected chi connectivity index (χ3v) is 5.01. The number of hydrogen-bond acceptors (Lipinski definition) is 2. The van der Waals surface area contributed by atoms with E-state index in [0.29, 0.717) is 0 Å². The Balaban J connectivity index is 2.72. The van der Waals surface area contributed by atoms with E-state index in [4.69, 9.17) is 0 Å². The summed E-state index contributed by atoms with van der Waals surface area (Å²) in [7, 11) is 0. The standard InChI is InChI=1S/C10H8Br2S2/c1-13-8-2-6(5-11)3-9-7(8)4-10(12)14-9/h2-4H,5H2,1H3. The lowest BCUT2D eigenvalue weighted by Crippen LogP contribution is -1.79. The minimum Gasteiger partial charge on any atom is -0.129 e. The second-order valence-corrected chi connectivity index (χ2v) is 6.77. The normalized spacial score (nSPS) is 11.1. The quantitative estimate of drug-likeness (QED) is 0.523. The summed E-state index contributed by atoms with van der Waals surface area (Å²) in [5.41, 5.74) is 1.34. The molecule has 0 amide bonds. The summed E-state index contributed by atoms with van der Waals surface area (Å²) in [5, 5.41) is 2.28. The molecule has 74 valence electrons. The van der Waals surface area contributed by atoms with Crippen molar-refractivity contribution in [3.63, 3.8) is 0 Å². The molecule has 0 saturated carbocycles. The van der Waals surface area contributed by atoms with Crippen LogP contribution in [-0.4, -0.2) is 6.26 Å². The second-order valence-electron chi connectivity index (χ2n) is 2.89. The van der Waals surface area contributed by atoms with Crippen LogP contribution >= 0.6 is 55.0 Å². The maximum absolute atomic E-state index is 3.53. The van der Waals surface area contributed by atoms with Crippen molar-refractivity contribution in [1.29, 1.82) is 0 Å². The van der Waals surface area contributed by atoms with Crippen molar-refractivity contribution in [2.45, 2.75) is 10.2 Å². The van der Waals surface area contributed by atoms with E-state index in [1.165, 1.54) is 24.3 Å². The lowest BCUT2D eigenvalue weighted by Gasteiger charge is -2.02. The summed E-state index contributed by atoms with van der Waals surface area (Å²) >= 11 is 10.6. The van der Waals surface area contributed by atoms with E-state index in [1.54, 1.807) is 23.1 Å². The van der Waals surface area contributed by atoms with E-state index in [9.17, 15) is 0 Å². The Morgan fingerprint density at radius 2 is 2.14 bits per heavy atom. The Morgan fingerprint density at radius 1 is 1.36 bits per heavy atom. The highest BCUT2D eigenvalue weighted by Crippen LogP contribution is 2.36. The van der Waals surface area contributed by atoms with Crippen LogP contribution in [0.4, 0.5) is 0 Å². The van der Waals surface area contributed by atoms with Crippen LogP contribution in [0.3, 0.4) is 0 Å². The fourth-order valence-corrected chi connectivity index (χ4v) is 4.05. The number of hydrogen-bond donors (Lipinski definition) is 0. The molecule has 0 aliphatic carbocycles. The molecule has 0 radical (unpaired) electrons. The van der Waals surface area contributed by atoms with Crippen molar-refractivity contribution in [3.8, 4) is 0 Å². The summed E-state index contributed by atoms with van der Waals surface area (Å²) in [6.45, 7) is 0. The van der Waals surface area contributed by atoms with Gasteiger partial charge in [-0.25, -0.2) is 0 Å². The molecule has 4 heteroatoms. The lowest BCUT2D eigenvalue weighted by atomic mass is 10.2. The van der Waals surface area contributed by atoms with Crippen molar-refractivity contribution >= 4 is 65.0 Å². The van der Waals surface area contributed by atoms with Gasteiger partial charge in [-0.2, -0.15) is 0 Å². The summed E-state index contributed by atoms with van der Waals surface area (Å²) < 4.78 is 2.56. The molecule has 0 unspecified atom stereocenters. The van der Waals surface area contributed by atoms with E-state index < -0.39 is 0 Å². The number of thioether (sulfide) groups is 1. The van der Waals surface area contributed by atoms with Crippen LogP contribution in [0, 0.1) is 0 Å². The maximum Gasteiger partial charge on any atom is 0.0711 e. The molecule has 0 saturated heterocycles. The molecule has 2 aromatic rings. The number of benzene rings is 1. The summed E-state index contributed by atoms with van der Waals surface area (Å²) in [6, 6.07) is 6.70. The smallest absolute Gasteiger partial charge is 0.0711 e. The first-order valence-electron chi connectivity index (χ1n) is 4.06. The van der Waals surface area contributed by atoms with E-state index in [-0.39, 0.29) is 0 Å². The number of thiophene rings is 1. The van der Waals surface area contributed by atoms with Crippen molar-refractivity contribution in [3.05, 3.63) is 27.5 Å². The Labute approximate surface area is 108 Å². The first kappa shape index (κ1) is 11.0. The highest BCUT2D eigenvalue weighted by molar-refractivity contribution is 9.11. The summed E-state index contributed by atoms with van der Waals surface area (Å²) in [5.74, 6) is 0. The zero-order valence-corrected chi connectivity index (χ0v) is 12.3. The minimum atomic E-state index is 0.923. The predicted octanol–water partition coefficient (Wildman–Crippen LogP) is 5.28. The minimum absolute atomic E-state index is 0.923. The highest BCUT2D eigenvalue weighted by atomic mass is 79.9. The van der Waals surface area contributed by atoms with Crippen molar-refractivity contribution in [2.75, 3.05) is 6.26 Å². The molecule has 0 spiro atoms. The monoisotopic (exact) mass is 350 g/mol. The highest BCUT2D eigenvalue weighted by Gasteiger charge is 2.06. The van der Waals surface area contributed by atoms with E-state index >= 15 is 0 Å². The van der Waals surface area contributed by atoms with E-state index in [1.807, 2.05) is 0 Å². The molecule has 0 nitrogen and oxygen atoms in total. The van der Waals surface area contributed by atoms with Crippen LogP contribution in [-0.2, 0) is 5.33 Å². The topological polar surface area (TPSA) is 0 Å². The van der Waals surface area contributed by atoms with E-state index in [0.717, 1.165) is 5.33 Å². The maximum atomic E-state index is 3.53. The molecular weight excluding hydrogens is 344 g/mol. The van der Waals surface area contributed by atoms with Gasteiger partial charge in [0.1, 0.15) is 0 Å². The van der Waals surface area contributed by atoms with Crippen LogP contribution in [0.25, 0.3) is 10.1 Å². The average Bonchev–Trinajstić information content (AvgIpc) is 2.56. The molecule has 0 atom stereocenters. The predicted molar refractivity (Wildman–Crippen MR) is 73.9 cm³/mol. The van der Waals surface area contributed by atoms with Crippen LogP contribution in [0.15, 0.2) is 26.9 Å². The largest absolute Gasteiger partial charge is 0.129 e. The van der Waals surface area contributed by atoms with Gasteiger partial charge in [-0.1, -0.05) is 15.9 Å². The van der Waals surface area contributed by atoms with Gasteiger partial charge in [0.15, 0.2) is 0 Å². The third-order valence-electron chi connectivity index (χ3n) is 2.00. The summed E-state index contributed by atoms with van der Waals surface area (Å²) in [4.78, 5) is 1.36. The Kier molecular flexibility index (Phi) is 3.58. The van der Waals surface area contributed by atoms with Gasteiger partial charge in [0.25, 0.3) is 0 Å². The van der Waals surface area contributed by atoms with Gasteiger partial charge in [0.05, 0.1) is 3.79 Å². The molecule has 0 fully saturated rings. The van der Waals surface area contributed by atoms with Crippen LogP contribution in [0.1, 0.15) is 5.56 Å². The Hall–Kier alpha value is 0.490. The zero-order valence-electron chi connectivity index (χ0n) is 7.51. The molecule has 0 aliphatic rings. The second kappa shape index (κ2) is 4.56. The van der Waals surface area contributed by atoms with Gasteiger partial charge >= 0.3 is 0 Å². The number of rotatable bonds is 2. The lowest BCUT2D eigenvalue weighted by molar-refractivity contribution is 1.40. The first-order chi connectivity index (χ1) is 6.74.